The van der Waals surface area contributed by atoms with Crippen molar-refractivity contribution in [3.63, 3.8) is 0 Å². The highest BCUT2D eigenvalue weighted by Gasteiger charge is 2.32. The number of hydrogen-bond donors (Lipinski definition) is 2. The fraction of sp³-hybridized carbons (Fsp3) is 0.278. The van der Waals surface area contributed by atoms with Crippen LogP contribution in [0.3, 0.4) is 0 Å². The Morgan fingerprint density at radius 3 is 2.62 bits per heavy atom. The number of carbonyl (C=O) groups is 2. The first-order valence-corrected chi connectivity index (χ1v) is 8.02. The molecular weight excluding hydrogens is 338 g/mol. The summed E-state index contributed by atoms with van der Waals surface area (Å²) in [4.78, 5) is 50.1. The summed E-state index contributed by atoms with van der Waals surface area (Å²) in [7, 11) is 0. The SMILES string of the molecule is CC1(C)CC(=O)c2cc(C(=O)Nc3ccccc3[N+](=O)[O-])c(=O)[nH]c2C1. The first-order valence-electron chi connectivity index (χ1n) is 8.02. The van der Waals surface area contributed by atoms with Crippen LogP contribution in [0.2, 0.25) is 0 Å². The molecule has 1 aromatic heterocycles. The van der Waals surface area contributed by atoms with Gasteiger partial charge in [0.25, 0.3) is 17.2 Å². The van der Waals surface area contributed by atoms with Gasteiger partial charge in [-0.05, 0) is 24.0 Å². The number of Topliss-reactive ketones (excluding diaryl/α,β-unsaturated/α-hetero) is 1. The number of hydrogen-bond acceptors (Lipinski definition) is 5. The topological polar surface area (TPSA) is 122 Å². The number of fused-ring (bicyclic) bond motifs is 1. The summed E-state index contributed by atoms with van der Waals surface area (Å²) in [5.74, 6) is -0.951. The molecule has 0 atom stereocenters. The number of H-pyrrole nitrogens is 1. The van der Waals surface area contributed by atoms with Crippen LogP contribution in [0.15, 0.2) is 35.1 Å². The van der Waals surface area contributed by atoms with Gasteiger partial charge in [-0.15, -0.1) is 0 Å². The Bertz CT molecular complexity index is 991. The van der Waals surface area contributed by atoms with Crippen molar-refractivity contribution in [3.8, 4) is 0 Å². The third-order valence-electron chi connectivity index (χ3n) is 4.31. The lowest BCUT2D eigenvalue weighted by atomic mass is 9.75. The molecule has 1 aromatic carbocycles. The lowest BCUT2D eigenvalue weighted by Gasteiger charge is -2.29. The van der Waals surface area contributed by atoms with E-state index in [1.807, 2.05) is 13.8 Å². The molecule has 0 radical (unpaired) electrons. The number of aromatic nitrogens is 1. The average Bonchev–Trinajstić information content (AvgIpc) is 2.53. The van der Waals surface area contributed by atoms with Gasteiger partial charge >= 0.3 is 0 Å². The van der Waals surface area contributed by atoms with Gasteiger partial charge in [0, 0.05) is 23.7 Å². The molecule has 2 N–H and O–H groups in total. The molecule has 0 aliphatic heterocycles. The van der Waals surface area contributed by atoms with E-state index in [1.54, 1.807) is 0 Å². The molecule has 0 spiro atoms. The average molecular weight is 355 g/mol. The van der Waals surface area contributed by atoms with Gasteiger partial charge in [-0.25, -0.2) is 0 Å². The number of para-hydroxylation sites is 2. The zero-order chi connectivity index (χ0) is 19.1. The molecule has 1 heterocycles. The van der Waals surface area contributed by atoms with Crippen LogP contribution in [-0.4, -0.2) is 21.6 Å². The van der Waals surface area contributed by atoms with Crippen LogP contribution < -0.4 is 10.9 Å². The Kier molecular flexibility index (Phi) is 4.19. The number of nitro benzene ring substituents is 1. The number of ketones is 1. The second kappa shape index (κ2) is 6.21. The van der Waals surface area contributed by atoms with Gasteiger partial charge in [0.1, 0.15) is 11.3 Å². The van der Waals surface area contributed by atoms with Crippen LogP contribution in [0.5, 0.6) is 0 Å². The van der Waals surface area contributed by atoms with Crippen LogP contribution in [0.1, 0.15) is 46.7 Å². The van der Waals surface area contributed by atoms with E-state index in [9.17, 15) is 24.5 Å². The van der Waals surface area contributed by atoms with E-state index >= 15 is 0 Å². The first kappa shape index (κ1) is 17.5. The van der Waals surface area contributed by atoms with Crippen molar-refractivity contribution in [2.75, 3.05) is 5.32 Å². The number of nitrogens with one attached hydrogen (secondary N) is 2. The number of nitro groups is 1. The highest BCUT2D eigenvalue weighted by Crippen LogP contribution is 2.33. The Balaban J connectivity index is 1.97. The Morgan fingerprint density at radius 1 is 1.23 bits per heavy atom. The molecule has 26 heavy (non-hydrogen) atoms. The van der Waals surface area contributed by atoms with Crippen LogP contribution in [-0.2, 0) is 6.42 Å². The standard InChI is InChI=1S/C18H17N3O5/c1-18(2)8-13-10(15(22)9-18)7-11(17(24)20-13)16(23)19-12-5-3-4-6-14(12)21(25)26/h3-7H,8-9H2,1-2H3,(H,19,23)(H,20,24). The van der Waals surface area contributed by atoms with E-state index in [1.165, 1.54) is 30.3 Å². The van der Waals surface area contributed by atoms with Crippen molar-refractivity contribution in [2.45, 2.75) is 26.7 Å². The second-order valence-electron chi connectivity index (χ2n) is 7.07. The van der Waals surface area contributed by atoms with Gasteiger partial charge in [-0.3, -0.25) is 24.5 Å². The number of aromatic amines is 1. The van der Waals surface area contributed by atoms with Gasteiger partial charge in [-0.1, -0.05) is 26.0 Å². The molecule has 0 saturated carbocycles. The second-order valence-corrected chi connectivity index (χ2v) is 7.07. The lowest BCUT2D eigenvalue weighted by molar-refractivity contribution is -0.383. The molecule has 0 bridgehead atoms. The monoisotopic (exact) mass is 355 g/mol. The Hall–Kier alpha value is -3.29. The van der Waals surface area contributed by atoms with Crippen molar-refractivity contribution in [3.05, 3.63) is 67.6 Å². The zero-order valence-corrected chi connectivity index (χ0v) is 14.3. The predicted octanol–water partition coefficient (Wildman–Crippen LogP) is 2.69. The summed E-state index contributed by atoms with van der Waals surface area (Å²) < 4.78 is 0. The Labute approximate surface area is 148 Å². The molecule has 0 unspecified atom stereocenters. The molecule has 1 aliphatic carbocycles. The van der Waals surface area contributed by atoms with E-state index in [0.29, 0.717) is 24.1 Å². The number of carbonyl (C=O) groups excluding carboxylic acids is 2. The largest absolute Gasteiger partial charge is 0.325 e. The van der Waals surface area contributed by atoms with E-state index in [0.717, 1.165) is 0 Å². The third kappa shape index (κ3) is 3.26. The van der Waals surface area contributed by atoms with Crippen molar-refractivity contribution < 1.29 is 14.5 Å². The maximum absolute atomic E-state index is 12.5. The fourth-order valence-corrected chi connectivity index (χ4v) is 3.12. The van der Waals surface area contributed by atoms with Gasteiger partial charge in [-0.2, -0.15) is 0 Å². The van der Waals surface area contributed by atoms with Gasteiger partial charge in [0.15, 0.2) is 5.78 Å². The Morgan fingerprint density at radius 2 is 1.92 bits per heavy atom. The van der Waals surface area contributed by atoms with Gasteiger partial charge in [0.05, 0.1) is 4.92 Å². The number of amides is 1. The van der Waals surface area contributed by atoms with Gasteiger partial charge in [0.2, 0.25) is 0 Å². The maximum Gasteiger partial charge on any atom is 0.292 e. The number of nitrogens with zero attached hydrogens (tertiary/aromatic N) is 1. The molecule has 2 aromatic rings. The molecule has 1 amide bonds. The summed E-state index contributed by atoms with van der Waals surface area (Å²) >= 11 is 0. The molecule has 1 aliphatic rings. The molecule has 8 heteroatoms. The fourth-order valence-electron chi connectivity index (χ4n) is 3.12. The number of benzene rings is 1. The summed E-state index contributed by atoms with van der Waals surface area (Å²) in [5.41, 5.74) is -0.628. The van der Waals surface area contributed by atoms with Crippen LogP contribution in [0.25, 0.3) is 0 Å². The lowest BCUT2D eigenvalue weighted by Crippen LogP contribution is -2.32. The molecule has 0 fully saturated rings. The first-order chi connectivity index (χ1) is 12.2. The quantitative estimate of drug-likeness (QED) is 0.647. The third-order valence-corrected chi connectivity index (χ3v) is 4.31. The highest BCUT2D eigenvalue weighted by atomic mass is 16.6. The van der Waals surface area contributed by atoms with Crippen molar-refractivity contribution in [1.82, 2.24) is 4.98 Å². The number of rotatable bonds is 3. The molecule has 3 rings (SSSR count). The van der Waals surface area contributed by atoms with E-state index in [4.69, 9.17) is 0 Å². The molecule has 0 saturated heterocycles. The molecular formula is C18H17N3O5. The summed E-state index contributed by atoms with van der Waals surface area (Å²) in [5, 5.41) is 13.4. The summed E-state index contributed by atoms with van der Waals surface area (Å²) in [6.07, 6.45) is 0.840. The highest BCUT2D eigenvalue weighted by molar-refractivity contribution is 6.07. The molecule has 134 valence electrons. The van der Waals surface area contributed by atoms with E-state index in [2.05, 4.69) is 10.3 Å². The summed E-state index contributed by atoms with van der Waals surface area (Å²) in [6.45, 7) is 3.86. The normalized spacial score (nSPS) is 15.2. The number of anilines is 1. The number of pyridine rings is 1. The van der Waals surface area contributed by atoms with Crippen LogP contribution in [0, 0.1) is 15.5 Å². The van der Waals surface area contributed by atoms with Crippen LogP contribution in [0.4, 0.5) is 11.4 Å². The van der Waals surface area contributed by atoms with Crippen molar-refractivity contribution in [1.29, 1.82) is 0 Å². The van der Waals surface area contributed by atoms with Crippen molar-refractivity contribution in [2.24, 2.45) is 5.41 Å². The zero-order valence-electron chi connectivity index (χ0n) is 14.3. The minimum Gasteiger partial charge on any atom is -0.325 e. The van der Waals surface area contributed by atoms with E-state index < -0.39 is 16.4 Å². The predicted molar refractivity (Wildman–Crippen MR) is 94.5 cm³/mol. The van der Waals surface area contributed by atoms with E-state index in [-0.39, 0.29) is 28.1 Å². The maximum atomic E-state index is 12.5. The minimum atomic E-state index is -0.805. The smallest absolute Gasteiger partial charge is 0.292 e. The van der Waals surface area contributed by atoms with Crippen molar-refractivity contribution >= 4 is 23.1 Å². The summed E-state index contributed by atoms with van der Waals surface area (Å²) in [6, 6.07) is 6.90. The minimum absolute atomic E-state index is 0.0212. The van der Waals surface area contributed by atoms with Gasteiger partial charge < -0.3 is 10.3 Å². The van der Waals surface area contributed by atoms with Crippen LogP contribution >= 0.6 is 0 Å². The molecule has 8 nitrogen and oxygen atoms in total.